The lowest BCUT2D eigenvalue weighted by atomic mass is 9.96. The molecule has 0 saturated carbocycles. The van der Waals surface area contributed by atoms with Crippen LogP contribution in [0.3, 0.4) is 0 Å². The first kappa shape index (κ1) is 14.1. The van der Waals surface area contributed by atoms with Gasteiger partial charge < -0.3 is 5.73 Å². The first-order valence-corrected chi connectivity index (χ1v) is 7.35. The molecule has 0 amide bonds. The van der Waals surface area contributed by atoms with Crippen LogP contribution in [0.5, 0.6) is 0 Å². The van der Waals surface area contributed by atoms with Crippen LogP contribution in [-0.4, -0.2) is 15.8 Å². The molecule has 0 aliphatic carbocycles. The Balaban J connectivity index is 2.21. The van der Waals surface area contributed by atoms with E-state index in [2.05, 4.69) is 49.7 Å². The molecule has 0 fully saturated rings. The van der Waals surface area contributed by atoms with Crippen molar-refractivity contribution in [3.05, 3.63) is 30.0 Å². The van der Waals surface area contributed by atoms with Crippen LogP contribution in [0.15, 0.2) is 24.3 Å². The Morgan fingerprint density at radius 1 is 1.26 bits per heavy atom. The molecule has 104 valence electrons. The SMILES string of the molecule is CCC(C)CC(N)Cc1nn(CC)c2ccccc12. The average Bonchev–Trinajstić information content (AvgIpc) is 2.77. The molecular formula is C16H25N3. The quantitative estimate of drug-likeness (QED) is 0.864. The normalized spacial score (nSPS) is 14.7. The molecule has 0 aliphatic rings. The molecule has 19 heavy (non-hydrogen) atoms. The van der Waals surface area contributed by atoms with Crippen LogP contribution in [0, 0.1) is 5.92 Å². The highest BCUT2D eigenvalue weighted by Gasteiger charge is 2.14. The van der Waals surface area contributed by atoms with E-state index in [0.29, 0.717) is 5.92 Å². The number of hydrogen-bond acceptors (Lipinski definition) is 2. The Hall–Kier alpha value is -1.35. The van der Waals surface area contributed by atoms with Gasteiger partial charge in [0.05, 0.1) is 11.2 Å². The van der Waals surface area contributed by atoms with Crippen molar-refractivity contribution in [2.24, 2.45) is 11.7 Å². The molecule has 0 aliphatic heterocycles. The second-order valence-corrected chi connectivity index (χ2v) is 5.49. The number of nitrogens with zero attached hydrogens (tertiary/aromatic N) is 2. The highest BCUT2D eigenvalue weighted by molar-refractivity contribution is 5.82. The van der Waals surface area contributed by atoms with Crippen LogP contribution in [0.1, 0.15) is 39.3 Å². The maximum absolute atomic E-state index is 6.27. The Morgan fingerprint density at radius 3 is 2.68 bits per heavy atom. The molecule has 3 nitrogen and oxygen atoms in total. The molecule has 2 atom stereocenters. The number of benzene rings is 1. The predicted octanol–water partition coefficient (Wildman–Crippen LogP) is 3.36. The van der Waals surface area contributed by atoms with Gasteiger partial charge in [-0.2, -0.15) is 5.10 Å². The molecule has 2 aromatic rings. The van der Waals surface area contributed by atoms with Crippen molar-refractivity contribution in [1.82, 2.24) is 9.78 Å². The highest BCUT2D eigenvalue weighted by atomic mass is 15.3. The number of aryl methyl sites for hydroxylation is 1. The van der Waals surface area contributed by atoms with Crippen LogP contribution >= 0.6 is 0 Å². The van der Waals surface area contributed by atoms with Crippen molar-refractivity contribution in [3.8, 4) is 0 Å². The fraction of sp³-hybridized carbons (Fsp3) is 0.562. The molecular weight excluding hydrogens is 234 g/mol. The summed E-state index contributed by atoms with van der Waals surface area (Å²) in [7, 11) is 0. The van der Waals surface area contributed by atoms with Gasteiger partial charge in [-0.3, -0.25) is 4.68 Å². The summed E-state index contributed by atoms with van der Waals surface area (Å²) in [5.74, 6) is 0.689. The van der Waals surface area contributed by atoms with Gasteiger partial charge in [0.1, 0.15) is 0 Å². The fourth-order valence-electron chi connectivity index (χ4n) is 2.60. The summed E-state index contributed by atoms with van der Waals surface area (Å²) in [6, 6.07) is 8.64. The lowest BCUT2D eigenvalue weighted by Crippen LogP contribution is -2.25. The molecule has 1 aromatic carbocycles. The van der Waals surface area contributed by atoms with Crippen molar-refractivity contribution in [1.29, 1.82) is 0 Å². The number of nitrogens with two attached hydrogens (primary N) is 1. The standard InChI is InChI=1S/C16H25N3/c1-4-12(3)10-13(17)11-15-14-8-6-7-9-16(14)19(5-2)18-15/h6-9,12-13H,4-5,10-11,17H2,1-3H3. The van der Waals surface area contributed by atoms with Crippen molar-refractivity contribution in [3.63, 3.8) is 0 Å². The van der Waals surface area contributed by atoms with E-state index >= 15 is 0 Å². The monoisotopic (exact) mass is 259 g/mol. The molecule has 2 N–H and O–H groups in total. The van der Waals surface area contributed by atoms with Crippen LogP contribution in [0.2, 0.25) is 0 Å². The lowest BCUT2D eigenvalue weighted by Gasteiger charge is -2.14. The highest BCUT2D eigenvalue weighted by Crippen LogP contribution is 2.21. The third-order valence-corrected chi connectivity index (χ3v) is 3.89. The van der Waals surface area contributed by atoms with E-state index in [1.165, 1.54) is 17.3 Å². The minimum Gasteiger partial charge on any atom is -0.327 e. The van der Waals surface area contributed by atoms with E-state index in [9.17, 15) is 0 Å². The maximum atomic E-state index is 6.27. The smallest absolute Gasteiger partial charge is 0.0718 e. The Kier molecular flexibility index (Phi) is 4.59. The van der Waals surface area contributed by atoms with Gasteiger partial charge in [-0.05, 0) is 25.3 Å². The zero-order valence-corrected chi connectivity index (χ0v) is 12.3. The third-order valence-electron chi connectivity index (χ3n) is 3.89. The third kappa shape index (κ3) is 3.16. The van der Waals surface area contributed by atoms with Crippen molar-refractivity contribution < 1.29 is 0 Å². The summed E-state index contributed by atoms with van der Waals surface area (Å²) in [6.07, 6.45) is 3.14. The maximum Gasteiger partial charge on any atom is 0.0718 e. The molecule has 0 saturated heterocycles. The van der Waals surface area contributed by atoms with Gasteiger partial charge in [0, 0.05) is 24.4 Å². The van der Waals surface area contributed by atoms with E-state index in [1.54, 1.807) is 0 Å². The fourth-order valence-corrected chi connectivity index (χ4v) is 2.60. The second kappa shape index (κ2) is 6.20. The van der Waals surface area contributed by atoms with Gasteiger partial charge >= 0.3 is 0 Å². The van der Waals surface area contributed by atoms with Crippen molar-refractivity contribution in [2.75, 3.05) is 0 Å². The first-order valence-electron chi connectivity index (χ1n) is 7.35. The topological polar surface area (TPSA) is 43.8 Å². The zero-order chi connectivity index (χ0) is 13.8. The van der Waals surface area contributed by atoms with Crippen LogP contribution in [-0.2, 0) is 13.0 Å². The van der Waals surface area contributed by atoms with Crippen LogP contribution in [0.25, 0.3) is 10.9 Å². The molecule has 1 heterocycles. The lowest BCUT2D eigenvalue weighted by molar-refractivity contribution is 0.447. The number of para-hydroxylation sites is 1. The molecule has 0 spiro atoms. The average molecular weight is 259 g/mol. The summed E-state index contributed by atoms with van der Waals surface area (Å²) in [5.41, 5.74) is 8.64. The number of hydrogen-bond donors (Lipinski definition) is 1. The van der Waals surface area contributed by atoms with Crippen molar-refractivity contribution >= 4 is 10.9 Å². The summed E-state index contributed by atoms with van der Waals surface area (Å²) < 4.78 is 2.07. The molecule has 2 rings (SSSR count). The molecule has 1 aromatic heterocycles. The Morgan fingerprint density at radius 2 is 2.00 bits per heavy atom. The number of fused-ring (bicyclic) bond motifs is 1. The minimum atomic E-state index is 0.207. The Bertz CT molecular complexity index is 530. The summed E-state index contributed by atoms with van der Waals surface area (Å²) in [4.78, 5) is 0. The predicted molar refractivity (Wildman–Crippen MR) is 81.2 cm³/mol. The van der Waals surface area contributed by atoms with Gasteiger partial charge in [0.15, 0.2) is 0 Å². The number of aromatic nitrogens is 2. The van der Waals surface area contributed by atoms with Gasteiger partial charge in [0.25, 0.3) is 0 Å². The van der Waals surface area contributed by atoms with E-state index in [-0.39, 0.29) is 6.04 Å². The molecule has 3 heteroatoms. The summed E-state index contributed by atoms with van der Waals surface area (Å²) >= 11 is 0. The minimum absolute atomic E-state index is 0.207. The van der Waals surface area contributed by atoms with Gasteiger partial charge in [-0.1, -0.05) is 38.5 Å². The van der Waals surface area contributed by atoms with Gasteiger partial charge in [-0.15, -0.1) is 0 Å². The summed E-state index contributed by atoms with van der Waals surface area (Å²) in [5, 5.41) is 5.97. The summed E-state index contributed by atoms with van der Waals surface area (Å²) in [6.45, 7) is 7.52. The largest absolute Gasteiger partial charge is 0.327 e. The Labute approximate surface area is 115 Å². The molecule has 0 radical (unpaired) electrons. The van der Waals surface area contributed by atoms with Gasteiger partial charge in [0.2, 0.25) is 0 Å². The van der Waals surface area contributed by atoms with E-state index in [0.717, 1.165) is 25.1 Å². The van der Waals surface area contributed by atoms with Crippen LogP contribution < -0.4 is 5.73 Å². The van der Waals surface area contributed by atoms with E-state index < -0.39 is 0 Å². The van der Waals surface area contributed by atoms with E-state index in [1.807, 2.05) is 0 Å². The zero-order valence-electron chi connectivity index (χ0n) is 12.3. The first-order chi connectivity index (χ1) is 9.15. The second-order valence-electron chi connectivity index (χ2n) is 5.49. The number of rotatable bonds is 6. The molecule has 2 unspecified atom stereocenters. The van der Waals surface area contributed by atoms with Gasteiger partial charge in [-0.25, -0.2) is 0 Å². The van der Waals surface area contributed by atoms with Crippen LogP contribution in [0.4, 0.5) is 0 Å². The van der Waals surface area contributed by atoms with Crippen molar-refractivity contribution in [2.45, 2.75) is 52.6 Å². The van der Waals surface area contributed by atoms with E-state index in [4.69, 9.17) is 10.8 Å². The molecule has 0 bridgehead atoms.